The summed E-state index contributed by atoms with van der Waals surface area (Å²) < 4.78 is 0. The van der Waals surface area contributed by atoms with E-state index in [1.54, 1.807) is 37.1 Å². The molecule has 92 valence electrons. The van der Waals surface area contributed by atoms with Crippen LogP contribution in [0.4, 0.5) is 11.8 Å². The summed E-state index contributed by atoms with van der Waals surface area (Å²) in [5, 5.41) is 2.99. The van der Waals surface area contributed by atoms with Gasteiger partial charge in [-0.05, 0) is 18.2 Å². The number of nitrogens with zero attached hydrogens (tertiary/aromatic N) is 5. The lowest BCUT2D eigenvalue weighted by molar-refractivity contribution is 1.12. The molecule has 0 aliphatic carbocycles. The van der Waals surface area contributed by atoms with Crippen LogP contribution in [-0.4, -0.2) is 24.9 Å². The highest BCUT2D eigenvalue weighted by atomic mass is 15.1. The summed E-state index contributed by atoms with van der Waals surface area (Å²) in [6, 6.07) is 7.40. The first-order chi connectivity index (χ1) is 9.42. The maximum Gasteiger partial charge on any atom is 0.228 e. The second-order valence-electron chi connectivity index (χ2n) is 3.70. The molecule has 0 unspecified atom stereocenters. The van der Waals surface area contributed by atoms with E-state index in [0.717, 1.165) is 5.69 Å². The number of anilines is 2. The zero-order valence-electron chi connectivity index (χ0n) is 9.93. The van der Waals surface area contributed by atoms with Crippen molar-refractivity contribution in [3.8, 4) is 11.4 Å². The SMILES string of the molecule is c1ccc(-c2cncc(Nc3ncccn3)n2)nc1. The van der Waals surface area contributed by atoms with E-state index in [1.165, 1.54) is 0 Å². The molecular weight excluding hydrogens is 240 g/mol. The van der Waals surface area contributed by atoms with Crippen molar-refractivity contribution in [1.82, 2.24) is 24.9 Å². The highest BCUT2D eigenvalue weighted by Crippen LogP contribution is 2.15. The Bertz CT molecular complexity index is 656. The van der Waals surface area contributed by atoms with E-state index in [-0.39, 0.29) is 0 Å². The van der Waals surface area contributed by atoms with Gasteiger partial charge in [0.15, 0.2) is 5.82 Å². The van der Waals surface area contributed by atoms with Gasteiger partial charge in [0.2, 0.25) is 5.95 Å². The lowest BCUT2D eigenvalue weighted by atomic mass is 10.3. The normalized spacial score (nSPS) is 10.1. The Morgan fingerprint density at radius 1 is 0.789 bits per heavy atom. The molecule has 0 saturated heterocycles. The molecule has 1 N–H and O–H groups in total. The van der Waals surface area contributed by atoms with Crippen LogP contribution < -0.4 is 5.32 Å². The fraction of sp³-hybridized carbons (Fsp3) is 0. The number of aromatic nitrogens is 5. The summed E-state index contributed by atoms with van der Waals surface area (Å²) in [7, 11) is 0. The van der Waals surface area contributed by atoms with Gasteiger partial charge < -0.3 is 5.32 Å². The van der Waals surface area contributed by atoms with Crippen molar-refractivity contribution >= 4 is 11.8 Å². The molecule has 0 amide bonds. The van der Waals surface area contributed by atoms with Crippen LogP contribution in [0.1, 0.15) is 0 Å². The summed E-state index contributed by atoms with van der Waals surface area (Å²) in [5.41, 5.74) is 1.47. The van der Waals surface area contributed by atoms with Crippen LogP contribution in [-0.2, 0) is 0 Å². The third kappa shape index (κ3) is 2.68. The van der Waals surface area contributed by atoms with Crippen LogP contribution in [0.5, 0.6) is 0 Å². The Morgan fingerprint density at radius 3 is 2.42 bits per heavy atom. The summed E-state index contributed by atoms with van der Waals surface area (Å²) >= 11 is 0. The van der Waals surface area contributed by atoms with E-state index in [4.69, 9.17) is 0 Å². The van der Waals surface area contributed by atoms with E-state index >= 15 is 0 Å². The first-order valence-electron chi connectivity index (χ1n) is 5.69. The van der Waals surface area contributed by atoms with Gasteiger partial charge in [-0.15, -0.1) is 0 Å². The Kier molecular flexibility index (Phi) is 3.05. The highest BCUT2D eigenvalue weighted by molar-refractivity contribution is 5.56. The van der Waals surface area contributed by atoms with Crippen LogP contribution in [0.25, 0.3) is 11.4 Å². The van der Waals surface area contributed by atoms with Gasteiger partial charge in [0, 0.05) is 18.6 Å². The molecule has 0 aliphatic heterocycles. The average Bonchev–Trinajstić information content (AvgIpc) is 2.49. The molecule has 0 aromatic carbocycles. The second-order valence-corrected chi connectivity index (χ2v) is 3.70. The molecule has 3 heterocycles. The monoisotopic (exact) mass is 250 g/mol. The minimum Gasteiger partial charge on any atom is -0.307 e. The van der Waals surface area contributed by atoms with Gasteiger partial charge in [-0.3, -0.25) is 9.97 Å². The van der Waals surface area contributed by atoms with Crippen LogP contribution in [0.15, 0.2) is 55.2 Å². The average molecular weight is 250 g/mol. The molecular formula is C13H10N6. The van der Waals surface area contributed by atoms with Gasteiger partial charge in [0.05, 0.1) is 18.1 Å². The molecule has 0 bridgehead atoms. The van der Waals surface area contributed by atoms with E-state index in [0.29, 0.717) is 17.5 Å². The van der Waals surface area contributed by atoms with Gasteiger partial charge >= 0.3 is 0 Å². The van der Waals surface area contributed by atoms with E-state index in [2.05, 4.69) is 30.2 Å². The van der Waals surface area contributed by atoms with Gasteiger partial charge in [-0.2, -0.15) is 0 Å². The van der Waals surface area contributed by atoms with Crippen LogP contribution in [0.3, 0.4) is 0 Å². The van der Waals surface area contributed by atoms with Crippen molar-refractivity contribution in [2.24, 2.45) is 0 Å². The molecule has 6 heteroatoms. The smallest absolute Gasteiger partial charge is 0.228 e. The fourth-order valence-electron chi connectivity index (χ4n) is 1.54. The van der Waals surface area contributed by atoms with Crippen LogP contribution >= 0.6 is 0 Å². The quantitative estimate of drug-likeness (QED) is 0.766. The second kappa shape index (κ2) is 5.18. The van der Waals surface area contributed by atoms with Crippen LogP contribution in [0, 0.1) is 0 Å². The molecule has 0 atom stereocenters. The molecule has 3 aromatic rings. The summed E-state index contributed by atoms with van der Waals surface area (Å²) in [5.74, 6) is 1.06. The predicted octanol–water partition coefficient (Wildman–Crippen LogP) is 2.07. The van der Waals surface area contributed by atoms with Crippen LogP contribution in [0.2, 0.25) is 0 Å². The third-order valence-electron chi connectivity index (χ3n) is 2.37. The Labute approximate surface area is 109 Å². The number of pyridine rings is 1. The molecule has 0 fully saturated rings. The van der Waals surface area contributed by atoms with Crippen molar-refractivity contribution < 1.29 is 0 Å². The summed E-state index contributed by atoms with van der Waals surface area (Å²) in [4.78, 5) is 20.9. The van der Waals surface area contributed by atoms with Gasteiger partial charge in [0.1, 0.15) is 5.69 Å². The first-order valence-corrected chi connectivity index (χ1v) is 5.69. The third-order valence-corrected chi connectivity index (χ3v) is 2.37. The largest absolute Gasteiger partial charge is 0.307 e. The molecule has 19 heavy (non-hydrogen) atoms. The molecule has 3 aromatic heterocycles. The van der Waals surface area contributed by atoms with Gasteiger partial charge in [-0.1, -0.05) is 6.07 Å². The van der Waals surface area contributed by atoms with E-state index in [1.807, 2.05) is 18.2 Å². The van der Waals surface area contributed by atoms with Crippen molar-refractivity contribution in [3.05, 3.63) is 55.2 Å². The molecule has 0 spiro atoms. The molecule has 6 nitrogen and oxygen atoms in total. The number of rotatable bonds is 3. The molecule has 0 aliphatic rings. The van der Waals surface area contributed by atoms with Gasteiger partial charge in [-0.25, -0.2) is 15.0 Å². The molecule has 3 rings (SSSR count). The Morgan fingerprint density at radius 2 is 1.63 bits per heavy atom. The highest BCUT2D eigenvalue weighted by Gasteiger charge is 2.03. The minimum atomic E-state index is 0.481. The number of nitrogens with one attached hydrogen (secondary N) is 1. The first kappa shape index (κ1) is 11.2. The lowest BCUT2D eigenvalue weighted by Crippen LogP contribution is -1.99. The van der Waals surface area contributed by atoms with Crippen molar-refractivity contribution in [2.45, 2.75) is 0 Å². The van der Waals surface area contributed by atoms with Crippen molar-refractivity contribution in [3.63, 3.8) is 0 Å². The number of hydrogen-bond acceptors (Lipinski definition) is 6. The summed E-state index contributed by atoms with van der Waals surface area (Å²) in [6.07, 6.45) is 8.32. The minimum absolute atomic E-state index is 0.481. The topological polar surface area (TPSA) is 76.5 Å². The number of hydrogen-bond donors (Lipinski definition) is 1. The standard InChI is InChI=1S/C13H10N6/c1-2-5-15-10(4-1)11-8-14-9-12(18-11)19-13-16-6-3-7-17-13/h1-9H,(H,16,17,18,19). The van der Waals surface area contributed by atoms with Gasteiger partial charge in [0.25, 0.3) is 0 Å². The molecule has 0 saturated carbocycles. The Balaban J connectivity index is 1.89. The maximum atomic E-state index is 4.42. The predicted molar refractivity (Wildman–Crippen MR) is 70.6 cm³/mol. The fourth-order valence-corrected chi connectivity index (χ4v) is 1.54. The zero-order chi connectivity index (χ0) is 12.9. The van der Waals surface area contributed by atoms with E-state index < -0.39 is 0 Å². The van der Waals surface area contributed by atoms with Crippen molar-refractivity contribution in [2.75, 3.05) is 5.32 Å². The summed E-state index contributed by atoms with van der Waals surface area (Å²) in [6.45, 7) is 0. The van der Waals surface area contributed by atoms with E-state index in [9.17, 15) is 0 Å². The molecule has 0 radical (unpaired) electrons. The zero-order valence-corrected chi connectivity index (χ0v) is 9.93. The lowest BCUT2D eigenvalue weighted by Gasteiger charge is -2.04. The Hall–Kier alpha value is -2.89. The maximum absolute atomic E-state index is 4.42. The van der Waals surface area contributed by atoms with Crippen molar-refractivity contribution in [1.29, 1.82) is 0 Å².